The van der Waals surface area contributed by atoms with E-state index >= 15 is 0 Å². The van der Waals surface area contributed by atoms with Crippen LogP contribution in [0.25, 0.3) is 11.5 Å². The number of hydrogen-bond acceptors (Lipinski definition) is 6. The number of hydrogen-bond donors (Lipinski definition) is 1. The Labute approximate surface area is 200 Å². The van der Waals surface area contributed by atoms with Gasteiger partial charge in [-0.05, 0) is 49.9 Å². The van der Waals surface area contributed by atoms with Gasteiger partial charge < -0.3 is 14.6 Å². The lowest BCUT2D eigenvalue weighted by atomic mass is 10.1. The zero-order chi connectivity index (χ0) is 23.0. The minimum Gasteiger partial charge on any atom is -0.441 e. The molecule has 2 heterocycles. The second-order valence-corrected chi connectivity index (χ2v) is 9.28. The third-order valence-corrected chi connectivity index (χ3v) is 7.05. The van der Waals surface area contributed by atoms with Crippen LogP contribution in [0.4, 0.5) is 0 Å². The second-order valence-electron chi connectivity index (χ2n) is 8.23. The maximum Gasteiger partial charge on any atom is 0.251 e. The largest absolute Gasteiger partial charge is 0.441 e. The standard InChI is InChI=1S/C26H32N4O2S/c1-3-29-15-17-30(18-16-29)14-13-27-25(31)21-9-11-22(12-10-21)26-28-24(20(2)32-26)19-33-23-7-5-4-6-8-23/h4-12H,3,13-19H2,1-2H3,(H,27,31). The summed E-state index contributed by atoms with van der Waals surface area (Å²) in [7, 11) is 0. The van der Waals surface area contributed by atoms with E-state index in [2.05, 4.69) is 39.2 Å². The molecular formula is C26H32N4O2S. The lowest BCUT2D eigenvalue weighted by Crippen LogP contribution is -2.48. The molecule has 1 amide bonds. The van der Waals surface area contributed by atoms with Crippen LogP contribution in [0.5, 0.6) is 0 Å². The molecule has 0 aliphatic carbocycles. The molecule has 1 aliphatic rings. The average Bonchev–Trinajstić information content (AvgIpc) is 3.24. The van der Waals surface area contributed by atoms with E-state index in [9.17, 15) is 4.79 Å². The summed E-state index contributed by atoms with van der Waals surface area (Å²) < 4.78 is 5.90. The predicted molar refractivity (Wildman–Crippen MR) is 134 cm³/mol. The summed E-state index contributed by atoms with van der Waals surface area (Å²) in [5.74, 6) is 2.13. The fraction of sp³-hybridized carbons (Fsp3) is 0.385. The molecule has 6 nitrogen and oxygen atoms in total. The molecule has 1 N–H and O–H groups in total. The number of nitrogens with one attached hydrogen (secondary N) is 1. The monoisotopic (exact) mass is 464 g/mol. The zero-order valence-corrected chi connectivity index (χ0v) is 20.2. The number of aryl methyl sites for hydroxylation is 1. The number of amides is 1. The highest BCUT2D eigenvalue weighted by atomic mass is 32.2. The van der Waals surface area contributed by atoms with Gasteiger partial charge in [0.25, 0.3) is 5.91 Å². The molecule has 0 radical (unpaired) electrons. The van der Waals surface area contributed by atoms with E-state index < -0.39 is 0 Å². The molecule has 0 atom stereocenters. The van der Waals surface area contributed by atoms with Crippen LogP contribution in [0.2, 0.25) is 0 Å². The third-order valence-electron chi connectivity index (χ3n) is 6.03. The Kier molecular flexibility index (Phi) is 8.20. The Balaban J connectivity index is 1.27. The van der Waals surface area contributed by atoms with Crippen molar-refractivity contribution in [2.45, 2.75) is 24.5 Å². The quantitative estimate of drug-likeness (QED) is 0.476. The molecule has 0 saturated carbocycles. The number of aromatic nitrogens is 1. The van der Waals surface area contributed by atoms with Crippen LogP contribution in [0, 0.1) is 6.92 Å². The predicted octanol–water partition coefficient (Wildman–Crippen LogP) is 4.31. The van der Waals surface area contributed by atoms with Gasteiger partial charge in [-0.2, -0.15) is 0 Å². The minimum absolute atomic E-state index is 0.0442. The van der Waals surface area contributed by atoms with E-state index in [1.165, 1.54) is 4.90 Å². The number of carbonyl (C=O) groups is 1. The van der Waals surface area contributed by atoms with Crippen LogP contribution in [-0.2, 0) is 5.75 Å². The molecule has 3 aromatic rings. The van der Waals surface area contributed by atoms with Gasteiger partial charge >= 0.3 is 0 Å². The fourth-order valence-corrected chi connectivity index (χ4v) is 4.80. The molecule has 1 saturated heterocycles. The summed E-state index contributed by atoms with van der Waals surface area (Å²) >= 11 is 1.74. The summed E-state index contributed by atoms with van der Waals surface area (Å²) in [5.41, 5.74) is 2.47. The highest BCUT2D eigenvalue weighted by molar-refractivity contribution is 7.98. The number of likely N-dealkylation sites (N-methyl/N-ethyl adjacent to an activating group) is 1. The molecule has 7 heteroatoms. The highest BCUT2D eigenvalue weighted by Crippen LogP contribution is 2.27. The van der Waals surface area contributed by atoms with Crippen molar-refractivity contribution in [1.82, 2.24) is 20.1 Å². The van der Waals surface area contributed by atoms with Crippen LogP contribution >= 0.6 is 11.8 Å². The Hall–Kier alpha value is -2.61. The van der Waals surface area contributed by atoms with E-state index in [-0.39, 0.29) is 5.91 Å². The normalized spacial score (nSPS) is 15.0. The maximum atomic E-state index is 12.5. The van der Waals surface area contributed by atoms with Crippen molar-refractivity contribution in [1.29, 1.82) is 0 Å². The maximum absolute atomic E-state index is 12.5. The van der Waals surface area contributed by atoms with Crippen molar-refractivity contribution in [2.24, 2.45) is 0 Å². The Morgan fingerprint density at radius 2 is 1.73 bits per heavy atom. The van der Waals surface area contributed by atoms with E-state index in [0.717, 1.165) is 62.0 Å². The van der Waals surface area contributed by atoms with Crippen molar-refractivity contribution >= 4 is 17.7 Å². The van der Waals surface area contributed by atoms with Crippen molar-refractivity contribution in [3.8, 4) is 11.5 Å². The van der Waals surface area contributed by atoms with Crippen LogP contribution in [0.15, 0.2) is 63.9 Å². The van der Waals surface area contributed by atoms with E-state index in [0.29, 0.717) is 18.0 Å². The molecule has 1 aliphatic heterocycles. The molecule has 2 aromatic carbocycles. The molecule has 4 rings (SSSR count). The van der Waals surface area contributed by atoms with E-state index in [1.807, 2.05) is 49.4 Å². The molecular weight excluding hydrogens is 432 g/mol. The average molecular weight is 465 g/mol. The van der Waals surface area contributed by atoms with Crippen LogP contribution in [0.3, 0.4) is 0 Å². The van der Waals surface area contributed by atoms with Gasteiger partial charge in [0.05, 0.1) is 5.69 Å². The van der Waals surface area contributed by atoms with Gasteiger partial charge in [-0.3, -0.25) is 9.69 Å². The summed E-state index contributed by atoms with van der Waals surface area (Å²) in [5, 5.41) is 3.04. The Morgan fingerprint density at radius 3 is 2.42 bits per heavy atom. The Bertz CT molecular complexity index is 1030. The molecule has 33 heavy (non-hydrogen) atoms. The first-order valence-electron chi connectivity index (χ1n) is 11.6. The number of piperazine rings is 1. The summed E-state index contributed by atoms with van der Waals surface area (Å²) in [4.78, 5) is 23.3. The van der Waals surface area contributed by atoms with Gasteiger partial charge in [0, 0.05) is 61.0 Å². The molecule has 0 spiro atoms. The second kappa shape index (κ2) is 11.5. The van der Waals surface area contributed by atoms with Gasteiger partial charge in [-0.1, -0.05) is 25.1 Å². The summed E-state index contributed by atoms with van der Waals surface area (Å²) in [6.45, 7) is 11.2. The van der Waals surface area contributed by atoms with Gasteiger partial charge in [-0.25, -0.2) is 4.98 Å². The van der Waals surface area contributed by atoms with Gasteiger partial charge in [0.15, 0.2) is 0 Å². The van der Waals surface area contributed by atoms with Crippen LogP contribution < -0.4 is 5.32 Å². The zero-order valence-electron chi connectivity index (χ0n) is 19.4. The number of oxazole rings is 1. The number of rotatable bonds is 9. The van der Waals surface area contributed by atoms with Crippen molar-refractivity contribution in [3.05, 3.63) is 71.6 Å². The number of thioether (sulfide) groups is 1. The smallest absolute Gasteiger partial charge is 0.251 e. The first-order chi connectivity index (χ1) is 16.1. The van der Waals surface area contributed by atoms with Gasteiger partial charge in [-0.15, -0.1) is 11.8 Å². The summed E-state index contributed by atoms with van der Waals surface area (Å²) in [6, 6.07) is 17.8. The van der Waals surface area contributed by atoms with Crippen LogP contribution in [0.1, 0.15) is 28.7 Å². The third kappa shape index (κ3) is 6.47. The lowest BCUT2D eigenvalue weighted by molar-refractivity contribution is 0.0938. The Morgan fingerprint density at radius 1 is 1.03 bits per heavy atom. The summed E-state index contributed by atoms with van der Waals surface area (Å²) in [6.07, 6.45) is 0. The minimum atomic E-state index is -0.0442. The molecule has 174 valence electrons. The van der Waals surface area contributed by atoms with Crippen molar-refractivity contribution in [3.63, 3.8) is 0 Å². The molecule has 1 aromatic heterocycles. The van der Waals surface area contributed by atoms with E-state index in [4.69, 9.17) is 4.42 Å². The topological polar surface area (TPSA) is 61.6 Å². The first kappa shape index (κ1) is 23.5. The first-order valence-corrected chi connectivity index (χ1v) is 12.6. The van der Waals surface area contributed by atoms with Gasteiger partial charge in [0.1, 0.15) is 5.76 Å². The van der Waals surface area contributed by atoms with Crippen LogP contribution in [-0.4, -0.2) is 66.5 Å². The fourth-order valence-electron chi connectivity index (χ4n) is 3.88. The molecule has 0 unspecified atom stereocenters. The van der Waals surface area contributed by atoms with Crippen molar-refractivity contribution < 1.29 is 9.21 Å². The lowest BCUT2D eigenvalue weighted by Gasteiger charge is -2.33. The molecule has 1 fully saturated rings. The van der Waals surface area contributed by atoms with E-state index in [1.54, 1.807) is 11.8 Å². The number of carbonyl (C=O) groups excluding carboxylic acids is 1. The number of nitrogens with zero attached hydrogens (tertiary/aromatic N) is 3. The number of benzene rings is 2. The molecule has 0 bridgehead atoms. The van der Waals surface area contributed by atoms with Gasteiger partial charge in [0.2, 0.25) is 5.89 Å². The van der Waals surface area contributed by atoms with Crippen molar-refractivity contribution in [2.75, 3.05) is 45.8 Å². The SMILES string of the molecule is CCN1CCN(CCNC(=O)c2ccc(-c3nc(CSc4ccccc4)c(C)o3)cc2)CC1. The highest BCUT2D eigenvalue weighted by Gasteiger charge is 2.16.